The van der Waals surface area contributed by atoms with Gasteiger partial charge in [0.05, 0.1) is 12.8 Å². The van der Waals surface area contributed by atoms with E-state index in [1.807, 2.05) is 11.3 Å². The molecule has 1 fully saturated rings. The molecule has 0 spiro atoms. The minimum atomic E-state index is -0.228. The van der Waals surface area contributed by atoms with Crippen molar-refractivity contribution < 1.29 is 9.53 Å². The van der Waals surface area contributed by atoms with Crippen LogP contribution in [0.5, 0.6) is 0 Å². The van der Waals surface area contributed by atoms with E-state index in [-0.39, 0.29) is 5.97 Å². The minimum absolute atomic E-state index is 0.228. The quantitative estimate of drug-likeness (QED) is 0.769. The monoisotopic (exact) mass is 236 g/mol. The zero-order valence-corrected chi connectivity index (χ0v) is 9.79. The van der Waals surface area contributed by atoms with Crippen LogP contribution >= 0.6 is 11.3 Å². The molecule has 1 aliphatic rings. The number of nitrogens with zero attached hydrogens (tertiary/aromatic N) is 2. The van der Waals surface area contributed by atoms with E-state index in [9.17, 15) is 4.79 Å². The lowest BCUT2D eigenvalue weighted by molar-refractivity contribution is 0.0517. The van der Waals surface area contributed by atoms with E-state index in [4.69, 9.17) is 4.74 Å². The molecule has 1 aliphatic carbocycles. The normalized spacial score (nSPS) is 15.6. The van der Waals surface area contributed by atoms with Gasteiger partial charge in [0.15, 0.2) is 0 Å². The molecule has 84 valence electrons. The number of fused-ring (bicyclic) bond motifs is 1. The molecule has 16 heavy (non-hydrogen) atoms. The summed E-state index contributed by atoms with van der Waals surface area (Å²) in [6, 6.07) is 0. The predicted molar refractivity (Wildman–Crippen MR) is 61.0 cm³/mol. The summed E-state index contributed by atoms with van der Waals surface area (Å²) in [6.07, 6.45) is 5.84. The number of thiazole rings is 1. The zero-order chi connectivity index (χ0) is 11.1. The first-order valence-corrected chi connectivity index (χ1v) is 6.24. The van der Waals surface area contributed by atoms with Gasteiger partial charge in [0, 0.05) is 4.88 Å². The van der Waals surface area contributed by atoms with Crippen LogP contribution in [0.25, 0.3) is 4.83 Å². The van der Waals surface area contributed by atoms with Crippen LogP contribution in [-0.4, -0.2) is 22.0 Å². The molecule has 0 amide bonds. The second-order valence-corrected chi connectivity index (χ2v) is 4.97. The number of carbonyl (C=O) groups is 1. The van der Waals surface area contributed by atoms with Crippen LogP contribution in [0.15, 0.2) is 12.5 Å². The van der Waals surface area contributed by atoms with E-state index in [1.165, 1.54) is 12.8 Å². The zero-order valence-electron chi connectivity index (χ0n) is 8.97. The molecule has 2 aromatic heterocycles. The van der Waals surface area contributed by atoms with Gasteiger partial charge >= 0.3 is 5.97 Å². The number of esters is 1. The van der Waals surface area contributed by atoms with Crippen LogP contribution in [-0.2, 0) is 4.74 Å². The largest absolute Gasteiger partial charge is 0.461 e. The lowest BCUT2D eigenvalue weighted by Gasteiger charge is -2.02. The number of ether oxygens (including phenoxy) is 1. The van der Waals surface area contributed by atoms with Gasteiger partial charge in [-0.15, -0.1) is 11.3 Å². The molecular formula is C11H12N2O2S. The van der Waals surface area contributed by atoms with Crippen molar-refractivity contribution in [2.45, 2.75) is 25.7 Å². The summed E-state index contributed by atoms with van der Waals surface area (Å²) in [5.41, 5.74) is 0.682. The summed E-state index contributed by atoms with van der Waals surface area (Å²) in [6.45, 7) is 2.24. The van der Waals surface area contributed by atoms with Crippen molar-refractivity contribution in [1.82, 2.24) is 9.38 Å². The first kappa shape index (κ1) is 9.84. The molecule has 0 radical (unpaired) electrons. The van der Waals surface area contributed by atoms with Crippen LogP contribution in [0, 0.1) is 0 Å². The predicted octanol–water partition coefficient (Wildman–Crippen LogP) is 2.45. The second-order valence-electron chi connectivity index (χ2n) is 3.91. The van der Waals surface area contributed by atoms with Crippen molar-refractivity contribution in [3.8, 4) is 0 Å². The van der Waals surface area contributed by atoms with Gasteiger partial charge in [0.25, 0.3) is 0 Å². The molecular weight excluding hydrogens is 224 g/mol. The number of imidazole rings is 1. The maximum atomic E-state index is 11.9. The van der Waals surface area contributed by atoms with Gasteiger partial charge in [-0.05, 0) is 25.7 Å². The second kappa shape index (κ2) is 3.59. The Balaban J connectivity index is 2.13. The van der Waals surface area contributed by atoms with E-state index < -0.39 is 0 Å². The number of carbonyl (C=O) groups excluding carboxylic acids is 1. The Kier molecular flexibility index (Phi) is 2.21. The lowest BCUT2D eigenvalue weighted by Crippen LogP contribution is -2.09. The maximum absolute atomic E-state index is 11.9. The first-order valence-electron chi connectivity index (χ1n) is 5.43. The molecule has 2 aromatic rings. The van der Waals surface area contributed by atoms with Crippen LogP contribution in [0.2, 0.25) is 0 Å². The topological polar surface area (TPSA) is 43.6 Å². The van der Waals surface area contributed by atoms with Crippen molar-refractivity contribution in [1.29, 1.82) is 0 Å². The van der Waals surface area contributed by atoms with E-state index >= 15 is 0 Å². The highest BCUT2D eigenvalue weighted by molar-refractivity contribution is 7.17. The molecule has 0 atom stereocenters. The van der Waals surface area contributed by atoms with E-state index in [0.29, 0.717) is 18.2 Å². The van der Waals surface area contributed by atoms with Crippen LogP contribution < -0.4 is 0 Å². The standard InChI is InChI=1S/C11H12N2O2S/c1-2-15-11(14)9-10(7-3-4-7)16-8-5-12-6-13(8)9/h5-7H,2-4H2,1H3. The van der Waals surface area contributed by atoms with Gasteiger partial charge in [-0.2, -0.15) is 0 Å². The van der Waals surface area contributed by atoms with E-state index in [2.05, 4.69) is 4.98 Å². The van der Waals surface area contributed by atoms with Crippen molar-refractivity contribution in [3.05, 3.63) is 23.1 Å². The Morgan fingerprint density at radius 2 is 2.50 bits per heavy atom. The molecule has 4 nitrogen and oxygen atoms in total. The minimum Gasteiger partial charge on any atom is -0.461 e. The van der Waals surface area contributed by atoms with Crippen molar-refractivity contribution in [2.75, 3.05) is 6.61 Å². The molecule has 0 aromatic carbocycles. The summed E-state index contributed by atoms with van der Waals surface area (Å²) in [5.74, 6) is 0.331. The Bertz CT molecular complexity index is 539. The third-order valence-corrected chi connectivity index (χ3v) is 3.97. The molecule has 0 saturated heterocycles. The van der Waals surface area contributed by atoms with Crippen molar-refractivity contribution in [3.63, 3.8) is 0 Å². The molecule has 0 bridgehead atoms. The highest BCUT2D eigenvalue weighted by atomic mass is 32.1. The summed E-state index contributed by atoms with van der Waals surface area (Å²) in [4.78, 5) is 18.1. The summed E-state index contributed by atoms with van der Waals surface area (Å²) in [5, 5.41) is 0. The highest BCUT2D eigenvalue weighted by Crippen LogP contribution is 2.45. The van der Waals surface area contributed by atoms with E-state index in [0.717, 1.165) is 9.71 Å². The van der Waals surface area contributed by atoms with Crippen LogP contribution in [0.4, 0.5) is 0 Å². The SMILES string of the molecule is CCOC(=O)c1c(C2CC2)sc2cncn12. The molecule has 0 aliphatic heterocycles. The molecule has 5 heteroatoms. The number of hydrogen-bond acceptors (Lipinski definition) is 4. The van der Waals surface area contributed by atoms with Gasteiger partial charge in [0.2, 0.25) is 0 Å². The Morgan fingerprint density at radius 3 is 3.19 bits per heavy atom. The molecule has 2 heterocycles. The van der Waals surface area contributed by atoms with Crippen LogP contribution in [0.1, 0.15) is 41.0 Å². The average Bonchev–Trinajstić information content (AvgIpc) is 2.88. The summed E-state index contributed by atoms with van der Waals surface area (Å²) in [7, 11) is 0. The Hall–Kier alpha value is -1.36. The van der Waals surface area contributed by atoms with E-state index in [1.54, 1.807) is 23.9 Å². The molecule has 1 saturated carbocycles. The maximum Gasteiger partial charge on any atom is 0.356 e. The first-order chi connectivity index (χ1) is 7.81. The Labute approximate surface area is 96.9 Å². The highest BCUT2D eigenvalue weighted by Gasteiger charge is 2.32. The fourth-order valence-electron chi connectivity index (χ4n) is 1.83. The van der Waals surface area contributed by atoms with Gasteiger partial charge < -0.3 is 4.74 Å². The van der Waals surface area contributed by atoms with Gasteiger partial charge in [-0.25, -0.2) is 9.78 Å². The molecule has 0 N–H and O–H groups in total. The van der Waals surface area contributed by atoms with Crippen molar-refractivity contribution >= 4 is 22.1 Å². The Morgan fingerprint density at radius 1 is 1.69 bits per heavy atom. The van der Waals surface area contributed by atoms with Gasteiger partial charge in [0.1, 0.15) is 16.9 Å². The average molecular weight is 236 g/mol. The number of rotatable bonds is 3. The molecule has 3 rings (SSSR count). The van der Waals surface area contributed by atoms with Crippen molar-refractivity contribution in [2.24, 2.45) is 0 Å². The number of aromatic nitrogens is 2. The lowest BCUT2D eigenvalue weighted by atomic mass is 10.2. The summed E-state index contributed by atoms with van der Waals surface area (Å²) >= 11 is 1.65. The third-order valence-electron chi connectivity index (χ3n) is 2.71. The smallest absolute Gasteiger partial charge is 0.356 e. The third kappa shape index (κ3) is 1.43. The molecule has 0 unspecified atom stereocenters. The summed E-state index contributed by atoms with van der Waals surface area (Å²) < 4.78 is 6.95. The fraction of sp³-hybridized carbons (Fsp3) is 0.455. The fourth-order valence-corrected chi connectivity index (χ4v) is 3.08. The van der Waals surface area contributed by atoms with Gasteiger partial charge in [-0.3, -0.25) is 4.40 Å². The van der Waals surface area contributed by atoms with Gasteiger partial charge in [-0.1, -0.05) is 0 Å². The number of hydrogen-bond donors (Lipinski definition) is 0. The van der Waals surface area contributed by atoms with Crippen LogP contribution in [0.3, 0.4) is 0 Å².